The number of carbonyl (C=O) groups is 1. The largest absolute Gasteiger partial charge is 0.336 e. The van der Waals surface area contributed by atoms with Crippen molar-refractivity contribution in [1.82, 2.24) is 24.0 Å². The van der Waals surface area contributed by atoms with Gasteiger partial charge in [-0.2, -0.15) is 4.31 Å². The van der Waals surface area contributed by atoms with Crippen LogP contribution < -0.4 is 5.56 Å². The minimum Gasteiger partial charge on any atom is -0.336 e. The maximum absolute atomic E-state index is 13.2. The summed E-state index contributed by atoms with van der Waals surface area (Å²) >= 11 is 0. The minimum atomic E-state index is -3.98. The lowest BCUT2D eigenvalue weighted by atomic mass is 10.1. The zero-order valence-corrected chi connectivity index (χ0v) is 19.0. The molecule has 0 spiro atoms. The van der Waals surface area contributed by atoms with Crippen molar-refractivity contribution in [3.8, 4) is 0 Å². The number of H-pyrrole nitrogens is 1. The average Bonchev–Trinajstić information content (AvgIpc) is 3.06. The van der Waals surface area contributed by atoms with Crippen LogP contribution in [-0.2, 0) is 17.1 Å². The summed E-state index contributed by atoms with van der Waals surface area (Å²) in [5.41, 5.74) is 0.819. The van der Waals surface area contributed by atoms with E-state index in [0.717, 1.165) is 6.07 Å². The fraction of sp³-hybridized carbons (Fsp3) is 0.350. The van der Waals surface area contributed by atoms with Gasteiger partial charge in [0, 0.05) is 51.1 Å². The molecule has 2 aromatic heterocycles. The van der Waals surface area contributed by atoms with Gasteiger partial charge in [-0.05, 0) is 25.5 Å². The Bertz CT molecular complexity index is 1450. The number of carbonyl (C=O) groups excluding carboxylic acids is 1. The Hall–Kier alpha value is -3.58. The molecule has 1 amide bonds. The van der Waals surface area contributed by atoms with Gasteiger partial charge in [-0.25, -0.2) is 13.4 Å². The van der Waals surface area contributed by atoms with Crippen LogP contribution in [0.4, 0.5) is 5.69 Å². The van der Waals surface area contributed by atoms with Crippen LogP contribution in [0.3, 0.4) is 0 Å². The van der Waals surface area contributed by atoms with E-state index in [2.05, 4.69) is 10.1 Å². The predicted octanol–water partition coefficient (Wildman–Crippen LogP) is 0.933. The van der Waals surface area contributed by atoms with Gasteiger partial charge in [0.1, 0.15) is 0 Å². The number of nitrogens with one attached hydrogen (secondary N) is 1. The van der Waals surface area contributed by atoms with Crippen molar-refractivity contribution in [2.24, 2.45) is 7.05 Å². The first-order valence-electron chi connectivity index (χ1n) is 10.1. The van der Waals surface area contributed by atoms with Crippen LogP contribution in [0.2, 0.25) is 0 Å². The van der Waals surface area contributed by atoms with Crippen molar-refractivity contribution in [3.63, 3.8) is 0 Å². The van der Waals surface area contributed by atoms with Crippen molar-refractivity contribution in [2.75, 3.05) is 26.2 Å². The van der Waals surface area contributed by atoms with Crippen molar-refractivity contribution in [3.05, 3.63) is 61.6 Å². The number of nitro groups is 1. The molecule has 1 N–H and O–H groups in total. The highest BCUT2D eigenvalue weighted by Gasteiger charge is 2.33. The molecule has 0 unspecified atom stereocenters. The number of benzene rings is 1. The number of rotatable bonds is 4. The highest BCUT2D eigenvalue weighted by Crippen LogP contribution is 2.26. The molecular formula is C20H22N6O6S. The van der Waals surface area contributed by atoms with Crippen LogP contribution >= 0.6 is 0 Å². The molecule has 0 aliphatic carbocycles. The SMILES string of the molecule is Cc1cc(C(=O)N2CCN(S(=O)(=O)c3cc([N+](=O)[O-])ccc3C)CC2)c2c(=O)[nH]n(C)c2n1. The van der Waals surface area contributed by atoms with Gasteiger partial charge in [0.2, 0.25) is 10.0 Å². The van der Waals surface area contributed by atoms with E-state index in [9.17, 15) is 28.1 Å². The number of piperazine rings is 1. The number of hydrogen-bond acceptors (Lipinski definition) is 7. The Morgan fingerprint density at radius 2 is 1.82 bits per heavy atom. The lowest BCUT2D eigenvalue weighted by Gasteiger charge is -2.34. The molecule has 13 heteroatoms. The minimum absolute atomic E-state index is 0.0224. The van der Waals surface area contributed by atoms with Crippen LogP contribution in [0.25, 0.3) is 11.0 Å². The summed E-state index contributed by atoms with van der Waals surface area (Å²) in [4.78, 5) is 41.7. The van der Waals surface area contributed by atoms with Crippen molar-refractivity contribution in [1.29, 1.82) is 0 Å². The summed E-state index contributed by atoms with van der Waals surface area (Å²) in [5.74, 6) is -0.384. The molecule has 0 radical (unpaired) electrons. The quantitative estimate of drug-likeness (QED) is 0.436. The Balaban J connectivity index is 1.58. The molecule has 1 fully saturated rings. The highest BCUT2D eigenvalue weighted by molar-refractivity contribution is 7.89. The third kappa shape index (κ3) is 3.89. The van der Waals surface area contributed by atoms with E-state index in [4.69, 9.17) is 0 Å². The Morgan fingerprint density at radius 1 is 1.15 bits per heavy atom. The second kappa shape index (κ2) is 8.08. The smallest absolute Gasteiger partial charge is 0.274 e. The number of aromatic nitrogens is 3. The van der Waals surface area contributed by atoms with Gasteiger partial charge in [0.05, 0.1) is 20.8 Å². The van der Waals surface area contributed by atoms with Crippen molar-refractivity contribution >= 4 is 32.7 Å². The predicted molar refractivity (Wildman–Crippen MR) is 119 cm³/mol. The monoisotopic (exact) mass is 474 g/mol. The third-order valence-corrected chi connectivity index (χ3v) is 7.74. The van der Waals surface area contributed by atoms with Crippen LogP contribution in [0.1, 0.15) is 21.6 Å². The summed E-state index contributed by atoms with van der Waals surface area (Å²) in [7, 11) is -2.36. The lowest BCUT2D eigenvalue weighted by Crippen LogP contribution is -2.50. The molecule has 0 atom stereocenters. The summed E-state index contributed by atoms with van der Waals surface area (Å²) in [6.45, 7) is 3.56. The number of aromatic amines is 1. The topological polar surface area (TPSA) is 152 Å². The average molecular weight is 474 g/mol. The Morgan fingerprint density at radius 3 is 2.45 bits per heavy atom. The second-order valence-corrected chi connectivity index (χ2v) is 9.82. The molecule has 1 aromatic carbocycles. The molecule has 1 aliphatic heterocycles. The molecule has 12 nitrogen and oxygen atoms in total. The van der Waals surface area contributed by atoms with Gasteiger partial charge in [0.15, 0.2) is 5.65 Å². The van der Waals surface area contributed by atoms with Crippen LogP contribution in [-0.4, -0.2) is 69.4 Å². The molecular weight excluding hydrogens is 452 g/mol. The highest BCUT2D eigenvalue weighted by atomic mass is 32.2. The summed E-state index contributed by atoms with van der Waals surface area (Å²) in [6, 6.07) is 5.27. The van der Waals surface area contributed by atoms with Crippen molar-refractivity contribution < 1.29 is 18.1 Å². The number of aryl methyl sites for hydroxylation is 3. The number of fused-ring (bicyclic) bond motifs is 1. The zero-order chi connectivity index (χ0) is 24.1. The first-order chi connectivity index (χ1) is 15.5. The maximum atomic E-state index is 13.2. The van der Waals surface area contributed by atoms with E-state index < -0.39 is 20.5 Å². The van der Waals surface area contributed by atoms with Gasteiger partial charge in [0.25, 0.3) is 17.2 Å². The van der Waals surface area contributed by atoms with E-state index in [-0.39, 0.29) is 53.6 Å². The first-order valence-corrected chi connectivity index (χ1v) is 11.6. The number of nitro benzene ring substituents is 1. The van der Waals surface area contributed by atoms with Gasteiger partial charge >= 0.3 is 0 Å². The molecule has 3 aromatic rings. The first kappa shape index (κ1) is 22.6. The molecule has 1 aliphatic rings. The number of sulfonamides is 1. The molecule has 0 bridgehead atoms. The van der Waals surface area contributed by atoms with E-state index in [1.807, 2.05) is 0 Å². The van der Waals surface area contributed by atoms with Gasteiger partial charge in [-0.1, -0.05) is 6.07 Å². The summed E-state index contributed by atoms with van der Waals surface area (Å²) in [6.07, 6.45) is 0. The molecule has 3 heterocycles. The Kier molecular flexibility index (Phi) is 5.54. The summed E-state index contributed by atoms with van der Waals surface area (Å²) < 4.78 is 28.9. The van der Waals surface area contributed by atoms with Crippen LogP contribution in [0, 0.1) is 24.0 Å². The molecule has 1 saturated heterocycles. The summed E-state index contributed by atoms with van der Waals surface area (Å²) in [5, 5.41) is 13.9. The number of non-ortho nitro benzene ring substituents is 1. The van der Waals surface area contributed by atoms with Gasteiger partial charge in [-0.3, -0.25) is 29.5 Å². The van der Waals surface area contributed by atoms with E-state index in [1.54, 1.807) is 27.0 Å². The van der Waals surface area contributed by atoms with Crippen molar-refractivity contribution in [2.45, 2.75) is 18.7 Å². The number of amides is 1. The molecule has 33 heavy (non-hydrogen) atoms. The number of hydrogen-bond donors (Lipinski definition) is 1. The van der Waals surface area contributed by atoms with E-state index in [1.165, 1.54) is 26.0 Å². The fourth-order valence-corrected chi connectivity index (χ4v) is 5.64. The standard InChI is InChI=1S/C20H22N6O6S/c1-12-4-5-14(26(29)30)11-16(12)33(31,32)25-8-6-24(7-9-25)20(28)15-10-13(2)21-18-17(15)19(27)22-23(18)3/h4-5,10-11H,6-9H2,1-3H3,(H,22,27). The van der Waals surface area contributed by atoms with Crippen LogP contribution in [0.15, 0.2) is 34.0 Å². The fourth-order valence-electron chi connectivity index (χ4n) is 3.97. The normalized spacial score (nSPS) is 15.2. The van der Waals surface area contributed by atoms with E-state index in [0.29, 0.717) is 16.9 Å². The molecule has 0 saturated carbocycles. The van der Waals surface area contributed by atoms with Gasteiger partial charge < -0.3 is 4.90 Å². The second-order valence-electron chi connectivity index (χ2n) is 7.91. The molecule has 4 rings (SSSR count). The number of nitrogens with zero attached hydrogens (tertiary/aromatic N) is 5. The zero-order valence-electron chi connectivity index (χ0n) is 18.2. The lowest BCUT2D eigenvalue weighted by molar-refractivity contribution is -0.385. The molecule has 174 valence electrons. The third-order valence-electron chi connectivity index (χ3n) is 5.70. The van der Waals surface area contributed by atoms with E-state index >= 15 is 0 Å². The van der Waals surface area contributed by atoms with Gasteiger partial charge in [-0.15, -0.1) is 0 Å². The number of pyridine rings is 1. The maximum Gasteiger partial charge on any atom is 0.274 e. The van der Waals surface area contributed by atoms with Crippen LogP contribution in [0.5, 0.6) is 0 Å². The Labute approximate surface area is 188 Å².